The average molecular weight is 220 g/mol. The summed E-state index contributed by atoms with van der Waals surface area (Å²) in [5.41, 5.74) is 1.39. The maximum Gasteiger partial charge on any atom is 0.0270 e. The van der Waals surface area contributed by atoms with Crippen molar-refractivity contribution in [3.8, 4) is 0 Å². The first-order valence-corrected chi connectivity index (χ1v) is 6.28. The molecule has 0 amide bonds. The van der Waals surface area contributed by atoms with E-state index in [1.165, 1.54) is 24.8 Å². The Kier molecular flexibility index (Phi) is 6.09. The SMILES string of the molecule is CNC(CCc1ccncc1)CCC(C)C. The van der Waals surface area contributed by atoms with Gasteiger partial charge in [0.1, 0.15) is 0 Å². The van der Waals surface area contributed by atoms with Gasteiger partial charge in [0.15, 0.2) is 0 Å². The van der Waals surface area contributed by atoms with Gasteiger partial charge in [-0.15, -0.1) is 0 Å². The lowest BCUT2D eigenvalue weighted by Crippen LogP contribution is -2.26. The number of hydrogen-bond donors (Lipinski definition) is 1. The fourth-order valence-corrected chi connectivity index (χ4v) is 1.86. The van der Waals surface area contributed by atoms with Gasteiger partial charge >= 0.3 is 0 Å². The third-order valence-corrected chi connectivity index (χ3v) is 3.03. The van der Waals surface area contributed by atoms with Crippen molar-refractivity contribution in [2.45, 2.75) is 45.6 Å². The molecule has 0 aromatic carbocycles. The van der Waals surface area contributed by atoms with Crippen LogP contribution in [0.5, 0.6) is 0 Å². The first-order valence-electron chi connectivity index (χ1n) is 6.28. The maximum absolute atomic E-state index is 4.04. The number of hydrogen-bond acceptors (Lipinski definition) is 2. The van der Waals surface area contributed by atoms with E-state index < -0.39 is 0 Å². The van der Waals surface area contributed by atoms with Crippen molar-refractivity contribution in [1.82, 2.24) is 10.3 Å². The van der Waals surface area contributed by atoms with E-state index >= 15 is 0 Å². The topological polar surface area (TPSA) is 24.9 Å². The van der Waals surface area contributed by atoms with Gasteiger partial charge in [0, 0.05) is 18.4 Å². The van der Waals surface area contributed by atoms with Gasteiger partial charge in [-0.1, -0.05) is 13.8 Å². The summed E-state index contributed by atoms with van der Waals surface area (Å²) in [5.74, 6) is 0.803. The summed E-state index contributed by atoms with van der Waals surface area (Å²) in [6.07, 6.45) is 8.69. The summed E-state index contributed by atoms with van der Waals surface area (Å²) in [7, 11) is 2.07. The molecule has 1 atom stereocenters. The number of rotatable bonds is 7. The van der Waals surface area contributed by atoms with Crippen molar-refractivity contribution in [2.75, 3.05) is 7.05 Å². The van der Waals surface area contributed by atoms with Crippen LogP contribution in [-0.4, -0.2) is 18.1 Å². The molecular weight excluding hydrogens is 196 g/mol. The van der Waals surface area contributed by atoms with E-state index in [-0.39, 0.29) is 0 Å². The number of aryl methyl sites for hydroxylation is 1. The van der Waals surface area contributed by atoms with Gasteiger partial charge in [-0.05, 0) is 56.3 Å². The lowest BCUT2D eigenvalue weighted by molar-refractivity contribution is 0.433. The lowest BCUT2D eigenvalue weighted by Gasteiger charge is -2.17. The summed E-state index contributed by atoms with van der Waals surface area (Å²) in [5, 5.41) is 3.41. The van der Waals surface area contributed by atoms with E-state index in [0.717, 1.165) is 12.3 Å². The van der Waals surface area contributed by atoms with Crippen LogP contribution in [-0.2, 0) is 6.42 Å². The Labute approximate surface area is 99.5 Å². The predicted octanol–water partition coefficient (Wildman–Crippen LogP) is 3.04. The molecule has 1 unspecified atom stereocenters. The van der Waals surface area contributed by atoms with Crippen LogP contribution in [0.15, 0.2) is 24.5 Å². The Morgan fingerprint density at radius 3 is 2.38 bits per heavy atom. The van der Waals surface area contributed by atoms with Gasteiger partial charge in [-0.25, -0.2) is 0 Å². The van der Waals surface area contributed by atoms with Crippen molar-refractivity contribution >= 4 is 0 Å². The Morgan fingerprint density at radius 2 is 1.81 bits per heavy atom. The van der Waals surface area contributed by atoms with E-state index in [2.05, 4.69) is 43.3 Å². The standard InChI is InChI=1S/C14H24N2/c1-12(2)4-6-14(15-3)7-5-13-8-10-16-11-9-13/h8-12,14-15H,4-7H2,1-3H3. The summed E-state index contributed by atoms with van der Waals surface area (Å²) >= 11 is 0. The molecule has 0 aliphatic heterocycles. The van der Waals surface area contributed by atoms with Crippen LogP contribution in [0, 0.1) is 5.92 Å². The third kappa shape index (κ3) is 5.26. The summed E-state index contributed by atoms with van der Waals surface area (Å²) in [4.78, 5) is 4.04. The molecule has 0 bridgehead atoms. The molecule has 0 aliphatic rings. The van der Waals surface area contributed by atoms with Gasteiger partial charge in [-0.2, -0.15) is 0 Å². The fourth-order valence-electron chi connectivity index (χ4n) is 1.86. The monoisotopic (exact) mass is 220 g/mol. The summed E-state index contributed by atoms with van der Waals surface area (Å²) in [6.45, 7) is 4.57. The van der Waals surface area contributed by atoms with Crippen molar-refractivity contribution in [2.24, 2.45) is 5.92 Å². The molecule has 16 heavy (non-hydrogen) atoms. The molecule has 1 heterocycles. The minimum atomic E-state index is 0.649. The molecular formula is C14H24N2. The van der Waals surface area contributed by atoms with E-state index in [1.807, 2.05) is 12.4 Å². The highest BCUT2D eigenvalue weighted by Crippen LogP contribution is 2.11. The van der Waals surface area contributed by atoms with Crippen LogP contribution in [0.25, 0.3) is 0 Å². The molecule has 0 saturated heterocycles. The predicted molar refractivity (Wildman–Crippen MR) is 69.5 cm³/mol. The molecule has 1 aromatic heterocycles. The Bertz CT molecular complexity index is 269. The van der Waals surface area contributed by atoms with E-state index in [0.29, 0.717) is 6.04 Å². The smallest absolute Gasteiger partial charge is 0.0270 e. The molecule has 2 nitrogen and oxygen atoms in total. The summed E-state index contributed by atoms with van der Waals surface area (Å²) < 4.78 is 0. The molecule has 1 N–H and O–H groups in total. The normalized spacial score (nSPS) is 13.0. The minimum absolute atomic E-state index is 0.649. The van der Waals surface area contributed by atoms with Crippen LogP contribution in [0.4, 0.5) is 0 Å². The molecule has 0 fully saturated rings. The molecule has 2 heteroatoms. The van der Waals surface area contributed by atoms with Crippen molar-refractivity contribution < 1.29 is 0 Å². The average Bonchev–Trinajstić information content (AvgIpc) is 2.30. The Morgan fingerprint density at radius 1 is 1.12 bits per heavy atom. The van der Waals surface area contributed by atoms with Crippen LogP contribution in [0.1, 0.15) is 38.7 Å². The zero-order chi connectivity index (χ0) is 11.8. The highest BCUT2D eigenvalue weighted by molar-refractivity contribution is 5.09. The van der Waals surface area contributed by atoms with Crippen LogP contribution in [0.2, 0.25) is 0 Å². The highest BCUT2D eigenvalue weighted by atomic mass is 14.9. The molecule has 0 saturated carbocycles. The molecule has 1 aromatic rings. The first kappa shape index (κ1) is 13.2. The van der Waals surface area contributed by atoms with E-state index in [4.69, 9.17) is 0 Å². The molecule has 0 radical (unpaired) electrons. The van der Waals surface area contributed by atoms with E-state index in [9.17, 15) is 0 Å². The van der Waals surface area contributed by atoms with Crippen LogP contribution < -0.4 is 5.32 Å². The van der Waals surface area contributed by atoms with Gasteiger partial charge in [0.2, 0.25) is 0 Å². The third-order valence-electron chi connectivity index (χ3n) is 3.03. The van der Waals surface area contributed by atoms with Gasteiger partial charge in [-0.3, -0.25) is 4.98 Å². The second-order valence-electron chi connectivity index (χ2n) is 4.85. The van der Waals surface area contributed by atoms with Gasteiger partial charge in [0.05, 0.1) is 0 Å². The number of pyridine rings is 1. The molecule has 0 aliphatic carbocycles. The fraction of sp³-hybridized carbons (Fsp3) is 0.643. The first-order chi connectivity index (χ1) is 7.72. The van der Waals surface area contributed by atoms with Gasteiger partial charge < -0.3 is 5.32 Å². The second-order valence-corrected chi connectivity index (χ2v) is 4.85. The largest absolute Gasteiger partial charge is 0.317 e. The second kappa shape index (κ2) is 7.39. The van der Waals surface area contributed by atoms with Gasteiger partial charge in [0.25, 0.3) is 0 Å². The van der Waals surface area contributed by atoms with Crippen molar-refractivity contribution in [3.05, 3.63) is 30.1 Å². The van der Waals surface area contributed by atoms with Crippen molar-refractivity contribution in [3.63, 3.8) is 0 Å². The molecule has 0 spiro atoms. The summed E-state index contributed by atoms with van der Waals surface area (Å²) in [6, 6.07) is 4.86. The van der Waals surface area contributed by atoms with E-state index in [1.54, 1.807) is 0 Å². The highest BCUT2D eigenvalue weighted by Gasteiger charge is 2.07. The van der Waals surface area contributed by atoms with Crippen LogP contribution >= 0.6 is 0 Å². The minimum Gasteiger partial charge on any atom is -0.317 e. The zero-order valence-corrected chi connectivity index (χ0v) is 10.7. The van der Waals surface area contributed by atoms with Crippen molar-refractivity contribution in [1.29, 1.82) is 0 Å². The lowest BCUT2D eigenvalue weighted by atomic mass is 9.98. The Balaban J connectivity index is 2.28. The molecule has 1 rings (SSSR count). The zero-order valence-electron chi connectivity index (χ0n) is 10.7. The Hall–Kier alpha value is -0.890. The quantitative estimate of drug-likeness (QED) is 0.764. The number of nitrogens with one attached hydrogen (secondary N) is 1. The number of aromatic nitrogens is 1. The molecule has 90 valence electrons. The van der Waals surface area contributed by atoms with Crippen LogP contribution in [0.3, 0.4) is 0 Å². The maximum atomic E-state index is 4.04. The number of nitrogens with zero attached hydrogens (tertiary/aromatic N) is 1.